The van der Waals surface area contributed by atoms with Gasteiger partial charge in [0.1, 0.15) is 5.75 Å². The average molecular weight is 408 g/mol. The Labute approximate surface area is 179 Å². The van der Waals surface area contributed by atoms with Crippen molar-refractivity contribution in [3.8, 4) is 5.75 Å². The number of aromatic hydroxyl groups is 1. The molecule has 0 heterocycles. The lowest BCUT2D eigenvalue weighted by atomic mass is 9.86. The number of nitrogens with zero attached hydrogens (tertiary/aromatic N) is 2. The van der Waals surface area contributed by atoms with Gasteiger partial charge in [0.25, 0.3) is 0 Å². The first kappa shape index (κ1) is 21.9. The molecule has 5 nitrogen and oxygen atoms in total. The first-order chi connectivity index (χ1) is 14.2. The number of hydrogen-bond acceptors (Lipinski definition) is 4. The molecule has 1 fully saturated rings. The van der Waals surface area contributed by atoms with Crippen LogP contribution >= 0.6 is 0 Å². The highest BCUT2D eigenvalue weighted by Crippen LogP contribution is 2.47. The van der Waals surface area contributed by atoms with Gasteiger partial charge in [0.2, 0.25) is 5.91 Å². The maximum Gasteiger partial charge on any atom is 0.243 e. The third-order valence-electron chi connectivity index (χ3n) is 5.85. The van der Waals surface area contributed by atoms with E-state index < -0.39 is 0 Å². The van der Waals surface area contributed by atoms with Crippen molar-refractivity contribution in [3.63, 3.8) is 0 Å². The Hall–Kier alpha value is -2.82. The van der Waals surface area contributed by atoms with Crippen LogP contribution in [0.3, 0.4) is 0 Å². The van der Waals surface area contributed by atoms with E-state index in [9.17, 15) is 9.90 Å². The molecule has 2 aromatic rings. The van der Waals surface area contributed by atoms with E-state index in [1.54, 1.807) is 6.07 Å². The monoisotopic (exact) mass is 407 g/mol. The summed E-state index contributed by atoms with van der Waals surface area (Å²) in [6, 6.07) is 14.1. The standard InChI is InChI=1S/C25H33N3O2/c1-6-28(7-2)20-13-10-18(23(29)14-20)16-26-27-24(30)22-15-21(22)17-8-11-19(12-9-17)25(3,4)5/h8-14,16,21-22,29H,6-7,15H2,1-5H3,(H,27,30)/b26-16+/t21-,22-/m0/s1. The fourth-order valence-corrected chi connectivity index (χ4v) is 3.76. The lowest BCUT2D eigenvalue weighted by Crippen LogP contribution is -2.21. The molecule has 1 aliphatic rings. The average Bonchev–Trinajstić information content (AvgIpc) is 3.51. The molecule has 0 unspecified atom stereocenters. The Morgan fingerprint density at radius 1 is 1.17 bits per heavy atom. The number of hydrogen-bond donors (Lipinski definition) is 2. The molecule has 0 bridgehead atoms. The SMILES string of the molecule is CCN(CC)c1ccc(/C=N/NC(=O)[C@H]2C[C@H]2c2ccc(C(C)(C)C)cc2)c(O)c1. The molecular formula is C25H33N3O2. The van der Waals surface area contributed by atoms with Crippen LogP contribution < -0.4 is 10.3 Å². The molecule has 2 N–H and O–H groups in total. The first-order valence-corrected chi connectivity index (χ1v) is 10.8. The predicted molar refractivity (Wildman–Crippen MR) is 123 cm³/mol. The third kappa shape index (κ3) is 5.02. The van der Waals surface area contributed by atoms with Crippen molar-refractivity contribution in [2.45, 2.75) is 52.4 Å². The van der Waals surface area contributed by atoms with Crippen LogP contribution in [0, 0.1) is 5.92 Å². The Bertz CT molecular complexity index is 909. The Kier molecular flexibility index (Phi) is 6.49. The van der Waals surface area contributed by atoms with Crippen LogP contribution in [-0.4, -0.2) is 30.3 Å². The Morgan fingerprint density at radius 3 is 2.40 bits per heavy atom. The number of anilines is 1. The molecule has 2 aromatic carbocycles. The number of phenolic OH excluding ortho intramolecular Hbond substituents is 1. The van der Waals surface area contributed by atoms with Gasteiger partial charge in [0, 0.05) is 36.3 Å². The molecule has 0 radical (unpaired) electrons. The number of rotatable bonds is 7. The first-order valence-electron chi connectivity index (χ1n) is 10.8. The number of benzene rings is 2. The molecule has 5 heteroatoms. The van der Waals surface area contributed by atoms with Gasteiger partial charge in [0.05, 0.1) is 6.21 Å². The van der Waals surface area contributed by atoms with Crippen molar-refractivity contribution in [1.82, 2.24) is 5.43 Å². The maximum absolute atomic E-state index is 12.4. The summed E-state index contributed by atoms with van der Waals surface area (Å²) < 4.78 is 0. The van der Waals surface area contributed by atoms with E-state index in [1.807, 2.05) is 12.1 Å². The molecule has 160 valence electrons. The van der Waals surface area contributed by atoms with Crippen LogP contribution in [0.2, 0.25) is 0 Å². The fourth-order valence-electron chi connectivity index (χ4n) is 3.76. The number of nitrogens with one attached hydrogen (secondary N) is 1. The molecule has 30 heavy (non-hydrogen) atoms. The summed E-state index contributed by atoms with van der Waals surface area (Å²) >= 11 is 0. The smallest absolute Gasteiger partial charge is 0.243 e. The molecule has 1 amide bonds. The largest absolute Gasteiger partial charge is 0.507 e. The fraction of sp³-hybridized carbons (Fsp3) is 0.440. The van der Waals surface area contributed by atoms with Crippen molar-refractivity contribution in [2.75, 3.05) is 18.0 Å². The molecule has 0 aliphatic heterocycles. The quantitative estimate of drug-likeness (QED) is 0.512. The van der Waals surface area contributed by atoms with Crippen molar-refractivity contribution in [1.29, 1.82) is 0 Å². The van der Waals surface area contributed by atoms with Crippen molar-refractivity contribution >= 4 is 17.8 Å². The van der Waals surface area contributed by atoms with E-state index in [-0.39, 0.29) is 28.9 Å². The van der Waals surface area contributed by atoms with Gasteiger partial charge in [-0.3, -0.25) is 4.79 Å². The number of amides is 1. The molecule has 3 rings (SSSR count). The Balaban J connectivity index is 1.56. The zero-order valence-electron chi connectivity index (χ0n) is 18.6. The van der Waals surface area contributed by atoms with Gasteiger partial charge in [-0.25, -0.2) is 5.43 Å². The van der Waals surface area contributed by atoms with E-state index in [1.165, 1.54) is 17.3 Å². The van der Waals surface area contributed by atoms with E-state index in [0.29, 0.717) is 5.56 Å². The second-order valence-corrected chi connectivity index (χ2v) is 8.97. The van der Waals surface area contributed by atoms with Crippen LogP contribution in [0.15, 0.2) is 47.6 Å². The van der Waals surface area contributed by atoms with E-state index in [0.717, 1.165) is 25.2 Å². The molecular weight excluding hydrogens is 374 g/mol. The summed E-state index contributed by atoms with van der Waals surface area (Å²) in [5, 5.41) is 14.3. The normalized spacial score (nSPS) is 18.4. The molecule has 1 aliphatic carbocycles. The highest BCUT2D eigenvalue weighted by molar-refractivity contribution is 5.87. The highest BCUT2D eigenvalue weighted by Gasteiger charge is 2.44. The lowest BCUT2D eigenvalue weighted by molar-refractivity contribution is -0.122. The lowest BCUT2D eigenvalue weighted by Gasteiger charge is -2.21. The van der Waals surface area contributed by atoms with Crippen LogP contribution in [0.25, 0.3) is 0 Å². The van der Waals surface area contributed by atoms with Crippen LogP contribution in [0.4, 0.5) is 5.69 Å². The topological polar surface area (TPSA) is 64.9 Å². The minimum Gasteiger partial charge on any atom is -0.507 e. The summed E-state index contributed by atoms with van der Waals surface area (Å²) in [5.74, 6) is 0.299. The molecule has 0 aromatic heterocycles. The van der Waals surface area contributed by atoms with Gasteiger partial charge in [-0.2, -0.15) is 5.10 Å². The van der Waals surface area contributed by atoms with Gasteiger partial charge in [-0.05, 0) is 54.9 Å². The van der Waals surface area contributed by atoms with Gasteiger partial charge in [0.15, 0.2) is 0 Å². The number of hydrazone groups is 1. The maximum atomic E-state index is 12.4. The number of carbonyl (C=O) groups excluding carboxylic acids is 1. The van der Waals surface area contributed by atoms with Crippen LogP contribution in [0.5, 0.6) is 5.75 Å². The molecule has 2 atom stereocenters. The van der Waals surface area contributed by atoms with Gasteiger partial charge < -0.3 is 10.0 Å². The molecule has 0 spiro atoms. The van der Waals surface area contributed by atoms with Crippen molar-refractivity contribution < 1.29 is 9.90 Å². The van der Waals surface area contributed by atoms with Crippen molar-refractivity contribution in [3.05, 3.63) is 59.2 Å². The van der Waals surface area contributed by atoms with Gasteiger partial charge in [-0.1, -0.05) is 45.0 Å². The summed E-state index contributed by atoms with van der Waals surface area (Å²) in [7, 11) is 0. The van der Waals surface area contributed by atoms with E-state index >= 15 is 0 Å². The number of phenols is 1. The molecule has 1 saturated carbocycles. The zero-order valence-corrected chi connectivity index (χ0v) is 18.6. The van der Waals surface area contributed by atoms with Crippen LogP contribution in [0.1, 0.15) is 63.6 Å². The summed E-state index contributed by atoms with van der Waals surface area (Å²) in [5.41, 5.74) is 6.80. The number of carbonyl (C=O) groups is 1. The second kappa shape index (κ2) is 8.90. The van der Waals surface area contributed by atoms with Gasteiger partial charge >= 0.3 is 0 Å². The summed E-state index contributed by atoms with van der Waals surface area (Å²) in [6.45, 7) is 12.5. The summed E-state index contributed by atoms with van der Waals surface area (Å²) in [4.78, 5) is 14.6. The Morgan fingerprint density at radius 2 is 1.83 bits per heavy atom. The highest BCUT2D eigenvalue weighted by atomic mass is 16.3. The minimum absolute atomic E-state index is 0.0405. The predicted octanol–water partition coefficient (Wildman–Crippen LogP) is 4.79. The zero-order chi connectivity index (χ0) is 21.9. The second-order valence-electron chi connectivity index (χ2n) is 8.97. The van der Waals surface area contributed by atoms with Crippen LogP contribution in [-0.2, 0) is 10.2 Å². The minimum atomic E-state index is -0.0737. The van der Waals surface area contributed by atoms with Crippen molar-refractivity contribution in [2.24, 2.45) is 11.0 Å². The van der Waals surface area contributed by atoms with E-state index in [2.05, 4.69) is 74.3 Å². The van der Waals surface area contributed by atoms with E-state index in [4.69, 9.17) is 0 Å². The third-order valence-corrected chi connectivity index (χ3v) is 5.85. The molecule has 0 saturated heterocycles. The van der Waals surface area contributed by atoms with Gasteiger partial charge in [-0.15, -0.1) is 0 Å². The summed E-state index contributed by atoms with van der Waals surface area (Å²) in [6.07, 6.45) is 2.34.